The summed E-state index contributed by atoms with van der Waals surface area (Å²) in [6.45, 7) is 15.8. The van der Waals surface area contributed by atoms with Gasteiger partial charge in [0, 0.05) is 6.54 Å². The van der Waals surface area contributed by atoms with Crippen LogP contribution in [0, 0.1) is 0 Å². The Morgan fingerprint density at radius 1 is 0.900 bits per heavy atom. The van der Waals surface area contributed by atoms with Crippen LogP contribution in [0.3, 0.4) is 0 Å². The van der Waals surface area contributed by atoms with Crippen LogP contribution in [0.25, 0.3) is 0 Å². The Morgan fingerprint density at radius 2 is 1.43 bits per heavy atom. The first-order valence-electron chi connectivity index (χ1n) is 13.0. The summed E-state index contributed by atoms with van der Waals surface area (Å²) in [6.07, 6.45) is -1.14. The number of hydrogen-bond donors (Lipinski definition) is 0. The molecule has 0 radical (unpaired) electrons. The topological polar surface area (TPSA) is 121 Å². The summed E-state index contributed by atoms with van der Waals surface area (Å²) >= 11 is 3.40. The molecule has 1 saturated heterocycles. The molecule has 1 heterocycles. The van der Waals surface area contributed by atoms with Gasteiger partial charge < -0.3 is 28.6 Å². The zero-order valence-corrected chi connectivity index (χ0v) is 26.6. The van der Waals surface area contributed by atoms with Crippen LogP contribution < -0.4 is 9.64 Å². The van der Waals surface area contributed by atoms with Gasteiger partial charge in [0.1, 0.15) is 34.7 Å². The minimum absolute atomic E-state index is 0.0180. The maximum atomic E-state index is 13.3. The molecular formula is C28H41BrN2O9. The predicted octanol–water partition coefficient (Wildman–Crippen LogP) is 6.69. The molecule has 1 atom stereocenters. The monoisotopic (exact) mass is 628 g/mol. The van der Waals surface area contributed by atoms with Crippen molar-refractivity contribution < 1.29 is 42.9 Å². The van der Waals surface area contributed by atoms with Crippen molar-refractivity contribution in [1.82, 2.24) is 4.90 Å². The van der Waals surface area contributed by atoms with Crippen LogP contribution in [-0.4, -0.2) is 72.3 Å². The molecule has 1 aromatic carbocycles. The molecule has 0 spiro atoms. The summed E-state index contributed by atoms with van der Waals surface area (Å²) in [5.74, 6) is -0.837. The lowest BCUT2D eigenvalue weighted by atomic mass is 10.1. The van der Waals surface area contributed by atoms with E-state index in [4.69, 9.17) is 23.7 Å². The molecule has 1 aromatic rings. The molecule has 1 fully saturated rings. The average Bonchev–Trinajstić information content (AvgIpc) is 3.24. The standard InChI is InChI=1S/C28H41BrN2O9/c1-26(2,3)38-23(33)30-15-11-12-17(30)16-37-21-18(29)13-14-19(20(21)22(32)36-10)31(24(34)39-27(4,5)6)25(35)40-28(7,8)9/h13-14,17H,11-12,15-16H2,1-10H3. The minimum Gasteiger partial charge on any atom is -0.489 e. The molecule has 40 heavy (non-hydrogen) atoms. The lowest BCUT2D eigenvalue weighted by molar-refractivity contribution is 0.0184. The second kappa shape index (κ2) is 12.7. The van der Waals surface area contributed by atoms with E-state index in [2.05, 4.69) is 15.9 Å². The average molecular weight is 630 g/mol. The van der Waals surface area contributed by atoms with Crippen LogP contribution in [0.2, 0.25) is 0 Å². The Bertz CT molecular complexity index is 1090. The van der Waals surface area contributed by atoms with E-state index >= 15 is 0 Å². The van der Waals surface area contributed by atoms with Gasteiger partial charge in [0.05, 0.1) is 23.3 Å². The molecule has 1 unspecified atom stereocenters. The summed E-state index contributed by atoms with van der Waals surface area (Å²) in [5.41, 5.74) is -2.91. The highest BCUT2D eigenvalue weighted by Gasteiger charge is 2.38. The van der Waals surface area contributed by atoms with Gasteiger partial charge in [-0.05, 0) is 103 Å². The maximum Gasteiger partial charge on any atom is 0.424 e. The Labute approximate surface area is 244 Å². The first-order valence-corrected chi connectivity index (χ1v) is 13.8. The van der Waals surface area contributed by atoms with Crippen LogP contribution in [0.4, 0.5) is 20.1 Å². The molecule has 1 aliphatic heterocycles. The third kappa shape index (κ3) is 9.28. The molecule has 12 heteroatoms. The molecule has 0 aromatic heterocycles. The molecule has 3 amide bonds. The smallest absolute Gasteiger partial charge is 0.424 e. The van der Waals surface area contributed by atoms with Crippen molar-refractivity contribution in [3.05, 3.63) is 22.2 Å². The van der Waals surface area contributed by atoms with Gasteiger partial charge in [0.25, 0.3) is 0 Å². The zero-order chi connectivity index (χ0) is 30.6. The van der Waals surface area contributed by atoms with Crippen molar-refractivity contribution >= 4 is 45.9 Å². The Hall–Kier alpha value is -3.02. The molecule has 0 bridgehead atoms. The second-order valence-corrected chi connectivity index (χ2v) is 13.2. The molecule has 2 rings (SSSR count). The number of rotatable bonds is 5. The number of halogens is 1. The number of amides is 3. The van der Waals surface area contributed by atoms with Crippen LogP contribution in [0.1, 0.15) is 85.5 Å². The lowest BCUT2D eigenvalue weighted by Crippen LogP contribution is -2.44. The molecule has 11 nitrogen and oxygen atoms in total. The number of ether oxygens (including phenoxy) is 5. The number of carbonyl (C=O) groups excluding carboxylic acids is 4. The van der Waals surface area contributed by atoms with Gasteiger partial charge >= 0.3 is 24.2 Å². The van der Waals surface area contributed by atoms with Gasteiger partial charge in [-0.1, -0.05) is 0 Å². The SMILES string of the molecule is COC(=O)c1c(N(C(=O)OC(C)(C)C)C(=O)OC(C)(C)C)ccc(Br)c1OCC1CCCN1C(=O)OC(C)(C)C. The number of carbonyl (C=O) groups is 4. The second-order valence-electron chi connectivity index (χ2n) is 12.3. The van der Waals surface area contributed by atoms with E-state index in [0.29, 0.717) is 22.3 Å². The predicted molar refractivity (Wildman–Crippen MR) is 152 cm³/mol. The fraction of sp³-hybridized carbons (Fsp3) is 0.643. The summed E-state index contributed by atoms with van der Waals surface area (Å²) in [7, 11) is 1.17. The van der Waals surface area contributed by atoms with Crippen LogP contribution >= 0.6 is 15.9 Å². The number of nitrogens with zero attached hydrogens (tertiary/aromatic N) is 2. The third-order valence-electron chi connectivity index (χ3n) is 5.30. The lowest BCUT2D eigenvalue weighted by Gasteiger charge is -2.30. The number of hydrogen-bond acceptors (Lipinski definition) is 9. The highest BCUT2D eigenvalue weighted by Crippen LogP contribution is 2.39. The number of imide groups is 1. The van der Waals surface area contributed by atoms with Crippen molar-refractivity contribution in [2.45, 2.75) is 98.0 Å². The van der Waals surface area contributed by atoms with Crippen LogP contribution in [-0.2, 0) is 18.9 Å². The van der Waals surface area contributed by atoms with Crippen molar-refractivity contribution in [2.75, 3.05) is 25.2 Å². The Morgan fingerprint density at radius 3 is 1.90 bits per heavy atom. The molecule has 0 saturated carbocycles. The first-order chi connectivity index (χ1) is 18.2. The van der Waals surface area contributed by atoms with Crippen LogP contribution in [0.15, 0.2) is 16.6 Å². The molecule has 0 N–H and O–H groups in total. The zero-order valence-electron chi connectivity index (χ0n) is 25.0. The van der Waals surface area contributed by atoms with E-state index in [1.807, 2.05) is 0 Å². The first kappa shape index (κ1) is 33.2. The number of esters is 1. The van der Waals surface area contributed by atoms with Crippen molar-refractivity contribution in [3.8, 4) is 5.75 Å². The molecule has 1 aliphatic rings. The fourth-order valence-electron chi connectivity index (χ4n) is 3.81. The van der Waals surface area contributed by atoms with E-state index in [1.54, 1.807) is 67.2 Å². The van der Waals surface area contributed by atoms with Gasteiger partial charge in [-0.25, -0.2) is 19.2 Å². The van der Waals surface area contributed by atoms with Gasteiger partial charge in [-0.2, -0.15) is 4.90 Å². The summed E-state index contributed by atoms with van der Waals surface area (Å²) in [4.78, 5) is 54.7. The summed E-state index contributed by atoms with van der Waals surface area (Å²) in [5, 5.41) is 0. The molecule has 224 valence electrons. The molecule has 0 aliphatic carbocycles. The van der Waals surface area contributed by atoms with Gasteiger partial charge in [0.2, 0.25) is 0 Å². The maximum absolute atomic E-state index is 13.3. The van der Waals surface area contributed by atoms with Crippen molar-refractivity contribution in [2.24, 2.45) is 0 Å². The van der Waals surface area contributed by atoms with E-state index < -0.39 is 41.1 Å². The minimum atomic E-state index is -1.05. The normalized spacial score (nSPS) is 15.8. The van der Waals surface area contributed by atoms with Gasteiger partial charge in [-0.15, -0.1) is 0 Å². The van der Waals surface area contributed by atoms with E-state index in [1.165, 1.54) is 19.2 Å². The van der Waals surface area contributed by atoms with Gasteiger partial charge in [-0.3, -0.25) is 0 Å². The quantitative estimate of drug-likeness (QED) is 0.259. The number of likely N-dealkylation sites (tertiary alicyclic amines) is 1. The van der Waals surface area contributed by atoms with Crippen LogP contribution in [0.5, 0.6) is 5.75 Å². The Kier molecular flexibility index (Phi) is 10.5. The fourth-order valence-corrected chi connectivity index (χ4v) is 4.25. The number of methoxy groups -OCH3 is 1. The third-order valence-corrected chi connectivity index (χ3v) is 5.92. The van der Waals surface area contributed by atoms with E-state index in [0.717, 1.165) is 6.42 Å². The Balaban J connectivity index is 2.54. The summed E-state index contributed by atoms with van der Waals surface area (Å²) in [6, 6.07) is 2.59. The number of benzene rings is 1. The van der Waals surface area contributed by atoms with E-state index in [-0.39, 0.29) is 29.6 Å². The van der Waals surface area contributed by atoms with Gasteiger partial charge in [0.15, 0.2) is 0 Å². The largest absolute Gasteiger partial charge is 0.489 e. The van der Waals surface area contributed by atoms with Crippen molar-refractivity contribution in [1.29, 1.82) is 0 Å². The van der Waals surface area contributed by atoms with Crippen molar-refractivity contribution in [3.63, 3.8) is 0 Å². The highest BCUT2D eigenvalue weighted by molar-refractivity contribution is 9.10. The molecular weight excluding hydrogens is 588 g/mol. The van der Waals surface area contributed by atoms with E-state index in [9.17, 15) is 19.2 Å². The highest BCUT2D eigenvalue weighted by atomic mass is 79.9. The summed E-state index contributed by atoms with van der Waals surface area (Å²) < 4.78 is 28.0. The number of anilines is 1.